The highest BCUT2D eigenvalue weighted by atomic mass is 16.1. The number of hydrogen-bond acceptors (Lipinski definition) is 2. The average Bonchev–Trinajstić information content (AvgIpc) is 2.70. The van der Waals surface area contributed by atoms with Crippen LogP contribution in [0.1, 0.15) is 49.7 Å². The third-order valence-electron chi connectivity index (χ3n) is 5.49. The van der Waals surface area contributed by atoms with Gasteiger partial charge in [0.05, 0.1) is 0 Å². The summed E-state index contributed by atoms with van der Waals surface area (Å²) < 4.78 is 0. The molecule has 1 aromatic carbocycles. The first-order valence-corrected chi connectivity index (χ1v) is 7.93. The molecule has 108 valence electrons. The van der Waals surface area contributed by atoms with Gasteiger partial charge in [-0.15, -0.1) is 0 Å². The summed E-state index contributed by atoms with van der Waals surface area (Å²) in [6.45, 7) is 4.13. The minimum Gasteiger partial charge on any atom is -0.300 e. The van der Waals surface area contributed by atoms with Crippen LogP contribution in [0.3, 0.4) is 0 Å². The van der Waals surface area contributed by atoms with Crippen molar-refractivity contribution in [2.75, 3.05) is 7.05 Å². The highest BCUT2D eigenvalue weighted by Crippen LogP contribution is 2.46. The topological polar surface area (TPSA) is 20.3 Å². The molecule has 2 unspecified atom stereocenters. The predicted octanol–water partition coefficient (Wildman–Crippen LogP) is 3.54. The molecule has 2 saturated heterocycles. The number of fused-ring (bicyclic) bond motifs is 2. The fourth-order valence-electron chi connectivity index (χ4n) is 4.30. The Hall–Kier alpha value is -1.15. The van der Waals surface area contributed by atoms with Crippen molar-refractivity contribution in [3.05, 3.63) is 35.4 Å². The molecule has 0 N–H and O–H groups in total. The van der Waals surface area contributed by atoms with Crippen molar-refractivity contribution in [1.82, 2.24) is 4.90 Å². The van der Waals surface area contributed by atoms with E-state index in [-0.39, 0.29) is 5.92 Å². The van der Waals surface area contributed by atoms with Gasteiger partial charge in [0.25, 0.3) is 0 Å². The van der Waals surface area contributed by atoms with E-state index in [0.29, 0.717) is 30.2 Å². The van der Waals surface area contributed by atoms with Crippen LogP contribution in [0.15, 0.2) is 24.3 Å². The summed E-state index contributed by atoms with van der Waals surface area (Å²) in [4.78, 5) is 15.0. The van der Waals surface area contributed by atoms with E-state index in [4.69, 9.17) is 0 Å². The Balaban J connectivity index is 1.95. The monoisotopic (exact) mass is 271 g/mol. The number of benzene rings is 1. The summed E-state index contributed by atoms with van der Waals surface area (Å²) in [7, 11) is 2.21. The van der Waals surface area contributed by atoms with Crippen LogP contribution in [-0.4, -0.2) is 29.8 Å². The second kappa shape index (κ2) is 5.33. The molecule has 0 aliphatic carbocycles. The van der Waals surface area contributed by atoms with E-state index < -0.39 is 0 Å². The minimum atomic E-state index is 0.200. The average molecular weight is 271 g/mol. The summed E-state index contributed by atoms with van der Waals surface area (Å²) in [5.41, 5.74) is 2.66. The molecule has 2 bridgehead atoms. The van der Waals surface area contributed by atoms with Crippen LogP contribution in [-0.2, 0) is 4.79 Å². The zero-order chi connectivity index (χ0) is 14.3. The first-order chi connectivity index (χ1) is 9.61. The number of carbonyl (C=O) groups excluding carboxylic acids is 1. The van der Waals surface area contributed by atoms with Gasteiger partial charge >= 0.3 is 0 Å². The maximum Gasteiger partial charge on any atom is 0.137 e. The summed E-state index contributed by atoms with van der Waals surface area (Å²) in [6.07, 6.45) is 4.27. The second-order valence-corrected chi connectivity index (χ2v) is 6.56. The maximum absolute atomic E-state index is 12.5. The molecule has 4 atom stereocenters. The van der Waals surface area contributed by atoms with Gasteiger partial charge in [-0.3, -0.25) is 9.69 Å². The molecule has 2 aliphatic heterocycles. The molecule has 3 rings (SSSR count). The highest BCUT2D eigenvalue weighted by molar-refractivity contribution is 5.82. The number of rotatable bonds is 3. The molecule has 2 fully saturated rings. The molecule has 2 aliphatic rings. The van der Waals surface area contributed by atoms with Crippen LogP contribution >= 0.6 is 0 Å². The molecule has 2 nitrogen and oxygen atoms in total. The molecular weight excluding hydrogens is 246 g/mol. The smallest absolute Gasteiger partial charge is 0.137 e. The molecule has 2 heteroatoms. The molecule has 0 saturated carbocycles. The fraction of sp³-hybridized carbons (Fsp3) is 0.611. The third kappa shape index (κ3) is 2.20. The molecule has 20 heavy (non-hydrogen) atoms. The van der Waals surface area contributed by atoms with E-state index in [9.17, 15) is 4.79 Å². The summed E-state index contributed by atoms with van der Waals surface area (Å²) in [5.74, 6) is 1.08. The lowest BCUT2D eigenvalue weighted by molar-refractivity contribution is -0.126. The standard InChI is InChI=1S/C18H25NO/c1-4-17(20)18-15(13-7-5-12(2)6-8-13)11-14-9-10-16(18)19(14)3/h5-8,14-16,18H,4,9-11H2,1-3H3/t14?,15-,16?,18+/m1/s1. The highest BCUT2D eigenvalue weighted by Gasteiger charge is 2.48. The lowest BCUT2D eigenvalue weighted by atomic mass is 9.73. The number of nitrogens with zero attached hydrogens (tertiary/aromatic N) is 1. The van der Waals surface area contributed by atoms with Crippen LogP contribution in [0.2, 0.25) is 0 Å². The van der Waals surface area contributed by atoms with Gasteiger partial charge in [0, 0.05) is 24.4 Å². The molecule has 0 aromatic heterocycles. The van der Waals surface area contributed by atoms with Gasteiger partial charge in [-0.05, 0) is 44.7 Å². The van der Waals surface area contributed by atoms with E-state index in [1.54, 1.807) is 0 Å². The molecule has 1 aromatic rings. The zero-order valence-corrected chi connectivity index (χ0v) is 12.8. The van der Waals surface area contributed by atoms with Crippen LogP contribution in [0, 0.1) is 12.8 Å². The number of carbonyl (C=O) groups is 1. The number of Topliss-reactive ketones (excluding diaryl/α,β-unsaturated/α-hetero) is 1. The Morgan fingerprint density at radius 1 is 1.25 bits per heavy atom. The Bertz CT molecular complexity index is 493. The van der Waals surface area contributed by atoms with Gasteiger partial charge in [-0.2, -0.15) is 0 Å². The van der Waals surface area contributed by atoms with Crippen LogP contribution in [0.25, 0.3) is 0 Å². The van der Waals surface area contributed by atoms with E-state index in [1.165, 1.54) is 24.0 Å². The fourth-order valence-corrected chi connectivity index (χ4v) is 4.30. The molecule has 0 amide bonds. The summed E-state index contributed by atoms with van der Waals surface area (Å²) in [5, 5.41) is 0. The van der Waals surface area contributed by atoms with Crippen molar-refractivity contribution in [1.29, 1.82) is 0 Å². The molecular formula is C18H25NO. The van der Waals surface area contributed by atoms with Crippen molar-refractivity contribution in [3.8, 4) is 0 Å². The lowest BCUT2D eigenvalue weighted by Crippen LogP contribution is -2.48. The Morgan fingerprint density at radius 2 is 1.95 bits per heavy atom. The molecule has 0 spiro atoms. The van der Waals surface area contributed by atoms with Crippen LogP contribution in [0.4, 0.5) is 0 Å². The van der Waals surface area contributed by atoms with E-state index in [1.807, 2.05) is 6.92 Å². The van der Waals surface area contributed by atoms with Gasteiger partial charge in [0.1, 0.15) is 5.78 Å². The molecule has 0 radical (unpaired) electrons. The van der Waals surface area contributed by atoms with E-state index in [0.717, 1.165) is 6.42 Å². The van der Waals surface area contributed by atoms with Crippen molar-refractivity contribution in [2.24, 2.45) is 5.92 Å². The van der Waals surface area contributed by atoms with Gasteiger partial charge in [0.2, 0.25) is 0 Å². The van der Waals surface area contributed by atoms with Gasteiger partial charge in [-0.1, -0.05) is 36.8 Å². The van der Waals surface area contributed by atoms with Crippen molar-refractivity contribution in [2.45, 2.75) is 57.5 Å². The third-order valence-corrected chi connectivity index (χ3v) is 5.49. The largest absolute Gasteiger partial charge is 0.300 e. The zero-order valence-electron chi connectivity index (χ0n) is 12.8. The van der Waals surface area contributed by atoms with Gasteiger partial charge in [-0.25, -0.2) is 0 Å². The van der Waals surface area contributed by atoms with Crippen LogP contribution in [0.5, 0.6) is 0 Å². The first kappa shape index (κ1) is 13.8. The van der Waals surface area contributed by atoms with Crippen molar-refractivity contribution in [3.63, 3.8) is 0 Å². The second-order valence-electron chi connectivity index (χ2n) is 6.56. The molecule has 2 heterocycles. The van der Waals surface area contributed by atoms with Crippen LogP contribution < -0.4 is 0 Å². The minimum absolute atomic E-state index is 0.200. The van der Waals surface area contributed by atoms with Crippen molar-refractivity contribution < 1.29 is 4.79 Å². The Morgan fingerprint density at radius 3 is 2.60 bits per heavy atom. The van der Waals surface area contributed by atoms with E-state index >= 15 is 0 Å². The normalized spacial score (nSPS) is 33.4. The number of ketones is 1. The number of hydrogen-bond donors (Lipinski definition) is 0. The number of piperidine rings is 1. The Labute approximate surface area is 122 Å². The first-order valence-electron chi connectivity index (χ1n) is 7.93. The Kier molecular flexibility index (Phi) is 3.68. The van der Waals surface area contributed by atoms with Crippen molar-refractivity contribution >= 4 is 5.78 Å². The van der Waals surface area contributed by atoms with E-state index in [2.05, 4.69) is 43.1 Å². The quantitative estimate of drug-likeness (QED) is 0.838. The summed E-state index contributed by atoms with van der Waals surface area (Å²) in [6, 6.07) is 9.98. The SMILES string of the molecule is CCC(=O)[C@@H]1C2CCC(C[C@@H]1c1ccc(C)cc1)N2C. The predicted molar refractivity (Wildman–Crippen MR) is 81.9 cm³/mol. The lowest BCUT2D eigenvalue weighted by Gasteiger charge is -2.42. The number of aryl methyl sites for hydroxylation is 1. The van der Waals surface area contributed by atoms with Gasteiger partial charge in [0.15, 0.2) is 0 Å². The van der Waals surface area contributed by atoms with Gasteiger partial charge < -0.3 is 0 Å². The summed E-state index contributed by atoms with van der Waals surface area (Å²) >= 11 is 0. The maximum atomic E-state index is 12.5.